The minimum Gasteiger partial charge on any atom is -0.381 e. The fourth-order valence-electron chi connectivity index (χ4n) is 2.15. The molecular weight excluding hydrogens is 190 g/mol. The van der Waals surface area contributed by atoms with Gasteiger partial charge in [-0.05, 0) is 26.2 Å². The number of aromatic nitrogens is 2. The van der Waals surface area contributed by atoms with Crippen molar-refractivity contribution in [2.75, 3.05) is 7.11 Å². The quantitative estimate of drug-likeness (QED) is 0.787. The van der Waals surface area contributed by atoms with Gasteiger partial charge in [0.25, 0.3) is 0 Å². The molecule has 4 heteroatoms. The highest BCUT2D eigenvalue weighted by molar-refractivity contribution is 5.13. The Hall–Kier alpha value is -0.870. The molecular formula is C11H19N3O. The second kappa shape index (κ2) is 4.77. The third kappa shape index (κ3) is 2.58. The van der Waals surface area contributed by atoms with Crippen LogP contribution in [-0.4, -0.2) is 29.5 Å². The summed E-state index contributed by atoms with van der Waals surface area (Å²) in [6.07, 6.45) is 5.87. The Morgan fingerprint density at radius 2 is 2.47 bits per heavy atom. The van der Waals surface area contributed by atoms with E-state index in [1.165, 1.54) is 18.4 Å². The van der Waals surface area contributed by atoms with Gasteiger partial charge in [0.15, 0.2) is 0 Å². The van der Waals surface area contributed by atoms with Crippen LogP contribution in [0.4, 0.5) is 0 Å². The fourth-order valence-corrected chi connectivity index (χ4v) is 2.15. The molecule has 2 rings (SSSR count). The number of hydrogen-bond donors (Lipinski definition) is 2. The Morgan fingerprint density at radius 1 is 1.60 bits per heavy atom. The fraction of sp³-hybridized carbons (Fsp3) is 0.727. The van der Waals surface area contributed by atoms with Gasteiger partial charge in [-0.2, -0.15) is 5.10 Å². The van der Waals surface area contributed by atoms with Crippen LogP contribution in [0.25, 0.3) is 0 Å². The monoisotopic (exact) mass is 209 g/mol. The van der Waals surface area contributed by atoms with Gasteiger partial charge in [-0.15, -0.1) is 0 Å². The smallest absolute Gasteiger partial charge is 0.0586 e. The molecule has 1 aromatic rings. The van der Waals surface area contributed by atoms with Crippen LogP contribution in [-0.2, 0) is 11.3 Å². The maximum atomic E-state index is 5.34. The topological polar surface area (TPSA) is 49.9 Å². The van der Waals surface area contributed by atoms with Gasteiger partial charge >= 0.3 is 0 Å². The van der Waals surface area contributed by atoms with Crippen LogP contribution in [0.2, 0.25) is 0 Å². The molecule has 0 bridgehead atoms. The SMILES string of the molecule is COC1CCC(NCc2cn[nH]c2C)C1. The first-order chi connectivity index (χ1) is 7.29. The van der Waals surface area contributed by atoms with Gasteiger partial charge in [0.05, 0.1) is 12.3 Å². The largest absolute Gasteiger partial charge is 0.381 e. The van der Waals surface area contributed by atoms with E-state index in [-0.39, 0.29) is 0 Å². The van der Waals surface area contributed by atoms with E-state index in [1.807, 2.05) is 6.20 Å². The minimum atomic E-state index is 0.452. The lowest BCUT2D eigenvalue weighted by atomic mass is 10.2. The highest BCUT2D eigenvalue weighted by atomic mass is 16.5. The van der Waals surface area contributed by atoms with Crippen LogP contribution in [0.3, 0.4) is 0 Å². The van der Waals surface area contributed by atoms with E-state index < -0.39 is 0 Å². The average molecular weight is 209 g/mol. The van der Waals surface area contributed by atoms with Crippen LogP contribution < -0.4 is 5.32 Å². The molecule has 1 aromatic heterocycles. The molecule has 2 unspecified atom stereocenters. The van der Waals surface area contributed by atoms with Crippen molar-refractivity contribution >= 4 is 0 Å². The van der Waals surface area contributed by atoms with Crippen molar-refractivity contribution < 1.29 is 4.74 Å². The van der Waals surface area contributed by atoms with Crippen molar-refractivity contribution in [3.05, 3.63) is 17.5 Å². The summed E-state index contributed by atoms with van der Waals surface area (Å²) in [5, 5.41) is 10.5. The Labute approximate surface area is 90.4 Å². The van der Waals surface area contributed by atoms with Crippen molar-refractivity contribution in [2.45, 2.75) is 44.9 Å². The summed E-state index contributed by atoms with van der Waals surface area (Å²) in [7, 11) is 1.80. The molecule has 2 N–H and O–H groups in total. The lowest BCUT2D eigenvalue weighted by Crippen LogP contribution is -2.26. The van der Waals surface area contributed by atoms with Crippen molar-refractivity contribution in [1.29, 1.82) is 0 Å². The number of nitrogens with zero attached hydrogens (tertiary/aromatic N) is 1. The van der Waals surface area contributed by atoms with Gasteiger partial charge in [-0.1, -0.05) is 0 Å². The van der Waals surface area contributed by atoms with Crippen LogP contribution in [0.5, 0.6) is 0 Å². The van der Waals surface area contributed by atoms with Crippen LogP contribution in [0, 0.1) is 6.92 Å². The third-order valence-electron chi connectivity index (χ3n) is 3.23. The van der Waals surface area contributed by atoms with Crippen molar-refractivity contribution in [1.82, 2.24) is 15.5 Å². The third-order valence-corrected chi connectivity index (χ3v) is 3.23. The standard InChI is InChI=1S/C11H19N3O/c1-8-9(7-13-14-8)6-12-10-3-4-11(5-10)15-2/h7,10-12H,3-6H2,1-2H3,(H,13,14). The molecule has 4 nitrogen and oxygen atoms in total. The molecule has 0 radical (unpaired) electrons. The highest BCUT2D eigenvalue weighted by Gasteiger charge is 2.23. The summed E-state index contributed by atoms with van der Waals surface area (Å²) >= 11 is 0. The summed E-state index contributed by atoms with van der Waals surface area (Å²) in [5.41, 5.74) is 2.42. The maximum absolute atomic E-state index is 5.34. The molecule has 1 heterocycles. The van der Waals surface area contributed by atoms with E-state index in [9.17, 15) is 0 Å². The maximum Gasteiger partial charge on any atom is 0.0586 e. The zero-order valence-corrected chi connectivity index (χ0v) is 9.42. The molecule has 0 saturated heterocycles. The summed E-state index contributed by atoms with van der Waals surface area (Å²) in [6, 6.07) is 0.601. The van der Waals surface area contributed by atoms with Gasteiger partial charge in [-0.25, -0.2) is 0 Å². The van der Waals surface area contributed by atoms with Crippen LogP contribution in [0.1, 0.15) is 30.5 Å². The lowest BCUT2D eigenvalue weighted by molar-refractivity contribution is 0.107. The first kappa shape index (κ1) is 10.6. The molecule has 15 heavy (non-hydrogen) atoms. The zero-order chi connectivity index (χ0) is 10.7. The summed E-state index contributed by atoms with van der Waals surface area (Å²) in [4.78, 5) is 0. The number of rotatable bonds is 4. The number of aromatic amines is 1. The van der Waals surface area contributed by atoms with Gasteiger partial charge in [-0.3, -0.25) is 5.10 Å². The first-order valence-electron chi connectivity index (χ1n) is 5.54. The number of aryl methyl sites for hydroxylation is 1. The molecule has 0 aliphatic heterocycles. The number of hydrogen-bond acceptors (Lipinski definition) is 3. The zero-order valence-electron chi connectivity index (χ0n) is 9.42. The van der Waals surface area contributed by atoms with E-state index >= 15 is 0 Å². The molecule has 2 atom stereocenters. The summed E-state index contributed by atoms with van der Waals surface area (Å²) in [5.74, 6) is 0. The van der Waals surface area contributed by atoms with Crippen LogP contribution >= 0.6 is 0 Å². The second-order valence-corrected chi connectivity index (χ2v) is 4.27. The molecule has 0 aromatic carbocycles. The van der Waals surface area contributed by atoms with Gasteiger partial charge in [0.2, 0.25) is 0 Å². The lowest BCUT2D eigenvalue weighted by Gasteiger charge is -2.12. The molecule has 1 aliphatic rings. The normalized spacial score (nSPS) is 26.0. The molecule has 0 spiro atoms. The molecule has 1 aliphatic carbocycles. The average Bonchev–Trinajstić information content (AvgIpc) is 2.84. The summed E-state index contributed by atoms with van der Waals surface area (Å²) < 4.78 is 5.34. The van der Waals surface area contributed by atoms with Crippen molar-refractivity contribution in [3.63, 3.8) is 0 Å². The van der Waals surface area contributed by atoms with Crippen LogP contribution in [0.15, 0.2) is 6.20 Å². The Balaban J connectivity index is 1.77. The summed E-state index contributed by atoms with van der Waals surface area (Å²) in [6.45, 7) is 2.96. The van der Waals surface area contributed by atoms with E-state index in [0.29, 0.717) is 12.1 Å². The molecule has 0 amide bonds. The Morgan fingerprint density at radius 3 is 3.07 bits per heavy atom. The molecule has 84 valence electrons. The van der Waals surface area contributed by atoms with E-state index in [0.717, 1.165) is 18.7 Å². The van der Waals surface area contributed by atoms with E-state index in [2.05, 4.69) is 22.4 Å². The number of nitrogens with one attached hydrogen (secondary N) is 2. The van der Waals surface area contributed by atoms with Gasteiger partial charge < -0.3 is 10.1 Å². The van der Waals surface area contributed by atoms with Gasteiger partial charge in [0, 0.05) is 31.0 Å². The van der Waals surface area contributed by atoms with E-state index in [1.54, 1.807) is 7.11 Å². The van der Waals surface area contributed by atoms with E-state index in [4.69, 9.17) is 4.74 Å². The highest BCUT2D eigenvalue weighted by Crippen LogP contribution is 2.21. The Bertz CT molecular complexity index is 311. The predicted molar refractivity (Wildman–Crippen MR) is 58.6 cm³/mol. The van der Waals surface area contributed by atoms with Gasteiger partial charge in [0.1, 0.15) is 0 Å². The number of ether oxygens (including phenoxy) is 1. The second-order valence-electron chi connectivity index (χ2n) is 4.27. The number of H-pyrrole nitrogens is 1. The Kier molecular flexibility index (Phi) is 3.38. The molecule has 1 fully saturated rings. The predicted octanol–water partition coefficient (Wildman–Crippen LogP) is 1.38. The molecule has 1 saturated carbocycles. The van der Waals surface area contributed by atoms with Crippen molar-refractivity contribution in [3.8, 4) is 0 Å². The first-order valence-corrected chi connectivity index (χ1v) is 5.54. The number of methoxy groups -OCH3 is 1. The van der Waals surface area contributed by atoms with Crippen molar-refractivity contribution in [2.24, 2.45) is 0 Å². The minimum absolute atomic E-state index is 0.452.